The molecule has 0 radical (unpaired) electrons. The first-order valence-corrected chi connectivity index (χ1v) is 10.8. The van der Waals surface area contributed by atoms with E-state index in [1.807, 2.05) is 18.2 Å². The topological polar surface area (TPSA) is 75.9 Å². The lowest BCUT2D eigenvalue weighted by atomic mass is 9.92. The first kappa shape index (κ1) is 21.7. The van der Waals surface area contributed by atoms with Crippen LogP contribution in [0.25, 0.3) is 0 Å². The van der Waals surface area contributed by atoms with Gasteiger partial charge in [-0.05, 0) is 73.7 Å². The van der Waals surface area contributed by atoms with Crippen LogP contribution in [0.5, 0.6) is 11.5 Å². The second-order valence-electron chi connectivity index (χ2n) is 8.58. The highest BCUT2D eigenvalue weighted by Gasteiger charge is 2.37. The highest BCUT2D eigenvalue weighted by Crippen LogP contribution is 2.32. The number of benzene rings is 2. The zero-order valence-electron chi connectivity index (χ0n) is 17.5. The van der Waals surface area contributed by atoms with Gasteiger partial charge in [-0.3, -0.25) is 14.5 Å². The number of hydrogen-bond donors (Lipinski definition) is 1. The predicted molar refractivity (Wildman–Crippen MR) is 121 cm³/mol. The second kappa shape index (κ2) is 8.89. The molecule has 1 saturated carbocycles. The van der Waals surface area contributed by atoms with Gasteiger partial charge in [0.15, 0.2) is 0 Å². The molecule has 2 aliphatic heterocycles. The zero-order chi connectivity index (χ0) is 20.7. The van der Waals surface area contributed by atoms with E-state index in [0.29, 0.717) is 23.1 Å². The molecule has 2 aromatic rings. The van der Waals surface area contributed by atoms with Gasteiger partial charge in [-0.25, -0.2) is 0 Å². The number of nitrogens with zero attached hydrogens (tertiary/aromatic N) is 2. The van der Waals surface area contributed by atoms with E-state index >= 15 is 0 Å². The van der Waals surface area contributed by atoms with Crippen molar-refractivity contribution in [2.45, 2.75) is 44.2 Å². The van der Waals surface area contributed by atoms with E-state index in [0.717, 1.165) is 49.6 Å². The van der Waals surface area contributed by atoms with Crippen LogP contribution in [0.3, 0.4) is 0 Å². The van der Waals surface area contributed by atoms with E-state index in [1.54, 1.807) is 24.3 Å². The van der Waals surface area contributed by atoms with Gasteiger partial charge >= 0.3 is 0 Å². The van der Waals surface area contributed by atoms with E-state index < -0.39 is 5.91 Å². The third kappa shape index (κ3) is 4.27. The number of ether oxygens (including phenoxy) is 1. The van der Waals surface area contributed by atoms with Crippen molar-refractivity contribution in [1.82, 2.24) is 9.80 Å². The number of fused-ring (bicyclic) bond motifs is 1. The summed E-state index contributed by atoms with van der Waals surface area (Å²) in [6.45, 7) is 2.91. The van der Waals surface area contributed by atoms with Crippen LogP contribution < -0.4 is 10.5 Å². The van der Waals surface area contributed by atoms with Gasteiger partial charge in [-0.15, -0.1) is 12.4 Å². The molecule has 1 unspecified atom stereocenters. The normalized spacial score (nSPS) is 21.2. The smallest absolute Gasteiger partial charge is 0.254 e. The van der Waals surface area contributed by atoms with Gasteiger partial charge in [-0.1, -0.05) is 6.42 Å². The van der Waals surface area contributed by atoms with Crippen molar-refractivity contribution in [1.29, 1.82) is 0 Å². The zero-order valence-corrected chi connectivity index (χ0v) is 18.3. The van der Waals surface area contributed by atoms with Crippen LogP contribution in [0.1, 0.15) is 52.0 Å². The summed E-state index contributed by atoms with van der Waals surface area (Å²) in [4.78, 5) is 29.0. The van der Waals surface area contributed by atoms with Crippen molar-refractivity contribution in [3.63, 3.8) is 0 Å². The minimum Gasteiger partial charge on any atom is -0.457 e. The number of primary amides is 1. The van der Waals surface area contributed by atoms with E-state index in [-0.39, 0.29) is 18.3 Å². The van der Waals surface area contributed by atoms with Gasteiger partial charge in [0.1, 0.15) is 11.5 Å². The first-order chi connectivity index (χ1) is 14.6. The second-order valence-corrected chi connectivity index (χ2v) is 8.58. The molecule has 31 heavy (non-hydrogen) atoms. The summed E-state index contributed by atoms with van der Waals surface area (Å²) in [7, 11) is 0. The van der Waals surface area contributed by atoms with E-state index in [2.05, 4.69) is 9.80 Å². The molecule has 2 N–H and O–H groups in total. The minimum absolute atomic E-state index is 0. The van der Waals surface area contributed by atoms with Gasteiger partial charge < -0.3 is 15.4 Å². The molecule has 6 nitrogen and oxygen atoms in total. The lowest BCUT2D eigenvalue weighted by molar-refractivity contribution is 0.0646. The van der Waals surface area contributed by atoms with Gasteiger partial charge in [0.2, 0.25) is 5.91 Å². The Kier molecular flexibility index (Phi) is 6.21. The Labute approximate surface area is 188 Å². The SMILES string of the molecule is Cl.NC(=O)c1ccc(Oc2ccc3c(c2)CCN(C2CCN(C4CCC4)C2)C3=O)cc1. The number of nitrogens with two attached hydrogens (primary N) is 1. The minimum atomic E-state index is -0.462. The van der Waals surface area contributed by atoms with Crippen molar-refractivity contribution in [3.05, 3.63) is 59.2 Å². The van der Waals surface area contributed by atoms with Crippen LogP contribution in [0.15, 0.2) is 42.5 Å². The fraction of sp³-hybridized carbons (Fsp3) is 0.417. The van der Waals surface area contributed by atoms with Crippen LogP contribution in [-0.2, 0) is 6.42 Å². The summed E-state index contributed by atoms with van der Waals surface area (Å²) in [5.74, 6) is 1.01. The van der Waals surface area contributed by atoms with Crippen LogP contribution in [0.2, 0.25) is 0 Å². The number of carbonyl (C=O) groups excluding carboxylic acids is 2. The Bertz CT molecular complexity index is 975. The van der Waals surface area contributed by atoms with Gasteiger partial charge in [0.05, 0.1) is 0 Å². The van der Waals surface area contributed by atoms with E-state index in [1.165, 1.54) is 19.3 Å². The Hall–Kier alpha value is -2.57. The molecule has 164 valence electrons. The maximum Gasteiger partial charge on any atom is 0.254 e. The summed E-state index contributed by atoms with van der Waals surface area (Å²) >= 11 is 0. The first-order valence-electron chi connectivity index (χ1n) is 10.8. The number of hydrogen-bond acceptors (Lipinski definition) is 4. The van der Waals surface area contributed by atoms with Gasteiger partial charge in [0.25, 0.3) is 5.91 Å². The maximum absolute atomic E-state index is 13.2. The molecule has 2 fully saturated rings. The molecule has 0 spiro atoms. The molecular formula is C24H28ClN3O3. The fourth-order valence-corrected chi connectivity index (χ4v) is 4.82. The van der Waals surface area contributed by atoms with Crippen molar-refractivity contribution in [2.75, 3.05) is 19.6 Å². The number of likely N-dealkylation sites (tertiary alicyclic amines) is 1. The Morgan fingerprint density at radius 2 is 1.71 bits per heavy atom. The van der Waals surface area contributed by atoms with Crippen molar-refractivity contribution in [3.8, 4) is 11.5 Å². The molecule has 7 heteroatoms. The molecule has 5 rings (SSSR count). The van der Waals surface area contributed by atoms with Crippen molar-refractivity contribution in [2.24, 2.45) is 5.73 Å². The summed E-state index contributed by atoms with van der Waals surface area (Å²) in [6.07, 6.45) is 5.91. The molecule has 0 aromatic heterocycles. The Balaban J connectivity index is 0.00000231. The molecule has 3 aliphatic rings. The molecule has 1 saturated heterocycles. The number of amides is 2. The third-order valence-electron chi connectivity index (χ3n) is 6.79. The van der Waals surface area contributed by atoms with Crippen molar-refractivity contribution < 1.29 is 14.3 Å². The molecule has 1 atom stereocenters. The number of halogens is 1. The Morgan fingerprint density at radius 3 is 2.39 bits per heavy atom. The van der Waals surface area contributed by atoms with Gasteiger partial charge in [-0.2, -0.15) is 0 Å². The van der Waals surface area contributed by atoms with E-state index in [4.69, 9.17) is 10.5 Å². The van der Waals surface area contributed by atoms with Crippen LogP contribution in [0, 0.1) is 0 Å². The van der Waals surface area contributed by atoms with Crippen LogP contribution >= 0.6 is 12.4 Å². The monoisotopic (exact) mass is 441 g/mol. The highest BCUT2D eigenvalue weighted by molar-refractivity contribution is 5.97. The largest absolute Gasteiger partial charge is 0.457 e. The highest BCUT2D eigenvalue weighted by atomic mass is 35.5. The quantitative estimate of drug-likeness (QED) is 0.768. The van der Waals surface area contributed by atoms with E-state index in [9.17, 15) is 9.59 Å². The standard InChI is InChI=1S/C24H27N3O3.ClH/c25-23(28)16-4-6-20(7-5-16)30-21-8-9-22-17(14-21)10-13-27(24(22)29)19-11-12-26(15-19)18-2-1-3-18;/h4-9,14,18-19H,1-3,10-13,15H2,(H2,25,28);1H. The molecule has 2 heterocycles. The molecular weight excluding hydrogens is 414 g/mol. The fourth-order valence-electron chi connectivity index (χ4n) is 4.82. The summed E-state index contributed by atoms with van der Waals surface area (Å²) in [6, 6.07) is 13.5. The third-order valence-corrected chi connectivity index (χ3v) is 6.79. The summed E-state index contributed by atoms with van der Waals surface area (Å²) < 4.78 is 5.92. The molecule has 1 aliphatic carbocycles. The average molecular weight is 442 g/mol. The lowest BCUT2D eigenvalue weighted by Gasteiger charge is -2.37. The predicted octanol–water partition coefficient (Wildman–Crippen LogP) is 3.62. The lowest BCUT2D eigenvalue weighted by Crippen LogP contribution is -2.47. The number of rotatable bonds is 5. The Morgan fingerprint density at radius 1 is 0.968 bits per heavy atom. The summed E-state index contributed by atoms with van der Waals surface area (Å²) in [5, 5.41) is 0. The van der Waals surface area contributed by atoms with Crippen LogP contribution in [-0.4, -0.2) is 53.3 Å². The molecule has 2 aromatic carbocycles. The number of carbonyl (C=O) groups is 2. The van der Waals surface area contributed by atoms with Gasteiger partial charge in [0, 0.05) is 42.8 Å². The molecule has 2 amide bonds. The maximum atomic E-state index is 13.2. The van der Waals surface area contributed by atoms with Crippen molar-refractivity contribution >= 4 is 24.2 Å². The molecule has 0 bridgehead atoms. The average Bonchev–Trinajstić information content (AvgIpc) is 3.16. The summed E-state index contributed by atoms with van der Waals surface area (Å²) in [5.41, 5.74) is 7.55. The van der Waals surface area contributed by atoms with Crippen LogP contribution in [0.4, 0.5) is 0 Å².